The summed E-state index contributed by atoms with van der Waals surface area (Å²) >= 11 is 0. The molecule has 0 saturated heterocycles. The van der Waals surface area contributed by atoms with Gasteiger partial charge in [0.25, 0.3) is 0 Å². The van der Waals surface area contributed by atoms with Crippen LogP contribution in [0.3, 0.4) is 0 Å². The van der Waals surface area contributed by atoms with E-state index in [1.165, 1.54) is 7.11 Å². The topological polar surface area (TPSA) is 42.9 Å². The van der Waals surface area contributed by atoms with Crippen molar-refractivity contribution in [3.05, 3.63) is 36.9 Å². The number of rotatable bonds is 2. The molecule has 0 fully saturated rings. The summed E-state index contributed by atoms with van der Waals surface area (Å²) in [4.78, 5) is 11.1. The smallest absolute Gasteiger partial charge is 0.343 e. The van der Waals surface area contributed by atoms with Gasteiger partial charge in [0.05, 0.1) is 7.11 Å². The van der Waals surface area contributed by atoms with Gasteiger partial charge >= 0.3 is 5.97 Å². The third-order valence-corrected chi connectivity index (χ3v) is 1.59. The fraction of sp³-hybridized carbons (Fsp3) is 0.111. The quantitative estimate of drug-likeness (QED) is 0.393. The minimum absolute atomic E-state index is 0.328. The number of esters is 1. The van der Waals surface area contributed by atoms with Crippen LogP contribution in [0.1, 0.15) is 10.4 Å². The fourth-order valence-corrected chi connectivity index (χ4v) is 0.971. The molecule has 0 heterocycles. The largest absolute Gasteiger partial charge is 0.465 e. The van der Waals surface area contributed by atoms with Crippen LogP contribution < -0.4 is 5.32 Å². The SMILES string of the molecule is [CH2-][NH2+]c1ccccc1C(=O)OC. The molecule has 0 aliphatic rings. The van der Waals surface area contributed by atoms with E-state index in [2.05, 4.69) is 11.8 Å². The molecule has 0 saturated carbocycles. The first-order valence-corrected chi connectivity index (χ1v) is 3.59. The van der Waals surface area contributed by atoms with Crippen molar-refractivity contribution in [2.45, 2.75) is 0 Å². The second-order valence-corrected chi connectivity index (χ2v) is 2.28. The Kier molecular flexibility index (Phi) is 2.82. The predicted octanol–water partition coefficient (Wildman–Crippen LogP) is 0.460. The van der Waals surface area contributed by atoms with Gasteiger partial charge in [0.1, 0.15) is 11.3 Å². The lowest BCUT2D eigenvalue weighted by atomic mass is 10.2. The van der Waals surface area contributed by atoms with Gasteiger partial charge in [-0.15, -0.1) is 7.05 Å². The summed E-state index contributed by atoms with van der Waals surface area (Å²) in [6, 6.07) is 7.17. The van der Waals surface area contributed by atoms with E-state index < -0.39 is 0 Å². The molecular weight excluding hydrogens is 154 g/mol. The molecule has 1 aromatic carbocycles. The van der Waals surface area contributed by atoms with Crippen LogP contribution in [0.25, 0.3) is 0 Å². The molecule has 0 atom stereocenters. The van der Waals surface area contributed by atoms with Gasteiger partial charge in [-0.1, -0.05) is 12.1 Å². The van der Waals surface area contributed by atoms with Gasteiger partial charge in [0.2, 0.25) is 0 Å². The number of nitrogens with two attached hydrogens (primary N) is 1. The molecule has 3 heteroatoms. The number of quaternary nitrogens is 1. The molecule has 0 spiro atoms. The lowest BCUT2D eigenvalue weighted by molar-refractivity contribution is -0.504. The first-order chi connectivity index (χ1) is 5.79. The lowest BCUT2D eigenvalue weighted by Crippen LogP contribution is -2.70. The maximum atomic E-state index is 11.1. The molecular formula is C9H11NO2. The van der Waals surface area contributed by atoms with E-state index in [0.717, 1.165) is 5.69 Å². The van der Waals surface area contributed by atoms with Crippen LogP contribution in [0.4, 0.5) is 5.69 Å². The van der Waals surface area contributed by atoms with Crippen molar-refractivity contribution in [2.75, 3.05) is 7.11 Å². The van der Waals surface area contributed by atoms with Crippen molar-refractivity contribution in [3.8, 4) is 0 Å². The van der Waals surface area contributed by atoms with Gasteiger partial charge in [0, 0.05) is 0 Å². The Balaban J connectivity index is 3.04. The van der Waals surface area contributed by atoms with Crippen LogP contribution in [-0.4, -0.2) is 13.1 Å². The molecule has 0 aliphatic carbocycles. The monoisotopic (exact) mass is 165 g/mol. The maximum absolute atomic E-state index is 11.1. The van der Waals surface area contributed by atoms with Gasteiger partial charge in [0.15, 0.2) is 0 Å². The van der Waals surface area contributed by atoms with E-state index in [1.54, 1.807) is 17.4 Å². The number of hydrogen-bond acceptors (Lipinski definition) is 2. The first kappa shape index (κ1) is 8.74. The second kappa shape index (κ2) is 3.88. The van der Waals surface area contributed by atoms with E-state index in [9.17, 15) is 4.79 Å². The minimum atomic E-state index is -0.328. The third-order valence-electron chi connectivity index (χ3n) is 1.59. The van der Waals surface area contributed by atoms with E-state index >= 15 is 0 Å². The van der Waals surface area contributed by atoms with E-state index in [1.807, 2.05) is 12.1 Å². The minimum Gasteiger partial charge on any atom is -0.465 e. The molecule has 0 radical (unpaired) electrons. The van der Waals surface area contributed by atoms with Crippen LogP contribution >= 0.6 is 0 Å². The number of benzene rings is 1. The highest BCUT2D eigenvalue weighted by Gasteiger charge is 2.10. The summed E-state index contributed by atoms with van der Waals surface area (Å²) in [5, 5.41) is 1.63. The molecule has 2 N–H and O–H groups in total. The molecule has 0 unspecified atom stereocenters. The molecule has 12 heavy (non-hydrogen) atoms. The fourth-order valence-electron chi connectivity index (χ4n) is 0.971. The zero-order valence-corrected chi connectivity index (χ0v) is 6.91. The maximum Gasteiger partial charge on any atom is 0.343 e. The summed E-state index contributed by atoms with van der Waals surface area (Å²) in [6.07, 6.45) is 0. The Morgan fingerprint density at radius 2 is 2.17 bits per heavy atom. The molecule has 3 nitrogen and oxygen atoms in total. The molecule has 0 aromatic heterocycles. The van der Waals surface area contributed by atoms with Gasteiger partial charge in [-0.25, -0.2) is 4.79 Å². The van der Waals surface area contributed by atoms with Crippen molar-refractivity contribution < 1.29 is 14.8 Å². The molecule has 1 aromatic rings. The lowest BCUT2D eigenvalue weighted by Gasteiger charge is -2.04. The van der Waals surface area contributed by atoms with E-state index in [0.29, 0.717) is 5.56 Å². The highest BCUT2D eigenvalue weighted by Crippen LogP contribution is 2.09. The molecule has 0 amide bonds. The summed E-state index contributed by atoms with van der Waals surface area (Å²) in [7, 11) is 4.96. The summed E-state index contributed by atoms with van der Waals surface area (Å²) in [5.74, 6) is -0.328. The number of carbonyl (C=O) groups is 1. The highest BCUT2D eigenvalue weighted by atomic mass is 16.5. The zero-order valence-electron chi connectivity index (χ0n) is 6.91. The van der Waals surface area contributed by atoms with Crippen molar-refractivity contribution >= 4 is 11.7 Å². The Morgan fingerprint density at radius 1 is 1.50 bits per heavy atom. The summed E-state index contributed by atoms with van der Waals surface area (Å²) in [6.45, 7) is 0. The number of para-hydroxylation sites is 1. The first-order valence-electron chi connectivity index (χ1n) is 3.59. The standard InChI is InChI=1S/C9H11NO2/c1-10-8-6-4-3-5-7(8)9(11)12-2/h3-6H,1,10H2,2H3. The summed E-state index contributed by atoms with van der Waals surface area (Å²) < 4.78 is 4.59. The second-order valence-electron chi connectivity index (χ2n) is 2.28. The number of methoxy groups -OCH3 is 1. The van der Waals surface area contributed by atoms with E-state index in [-0.39, 0.29) is 5.97 Å². The average molecular weight is 165 g/mol. The van der Waals surface area contributed by atoms with Crippen molar-refractivity contribution in [1.82, 2.24) is 0 Å². The number of carbonyl (C=O) groups excluding carboxylic acids is 1. The van der Waals surface area contributed by atoms with Crippen LogP contribution in [0.2, 0.25) is 0 Å². The van der Waals surface area contributed by atoms with Crippen molar-refractivity contribution in [2.24, 2.45) is 0 Å². The molecule has 0 bridgehead atoms. The van der Waals surface area contributed by atoms with Crippen molar-refractivity contribution in [3.63, 3.8) is 0 Å². The zero-order chi connectivity index (χ0) is 8.97. The van der Waals surface area contributed by atoms with E-state index in [4.69, 9.17) is 0 Å². The predicted molar refractivity (Wildman–Crippen MR) is 44.7 cm³/mol. The Hall–Kier alpha value is -1.35. The van der Waals surface area contributed by atoms with Crippen LogP contribution in [0, 0.1) is 7.05 Å². The van der Waals surface area contributed by atoms with Gasteiger partial charge < -0.3 is 10.1 Å². The Morgan fingerprint density at radius 3 is 2.75 bits per heavy atom. The Labute approximate surface area is 71.4 Å². The molecule has 0 aliphatic heterocycles. The highest BCUT2D eigenvalue weighted by molar-refractivity contribution is 5.93. The van der Waals surface area contributed by atoms with Gasteiger partial charge in [-0.05, 0) is 12.1 Å². The van der Waals surface area contributed by atoms with Crippen LogP contribution in [0.5, 0.6) is 0 Å². The van der Waals surface area contributed by atoms with Crippen LogP contribution in [-0.2, 0) is 4.74 Å². The molecule has 64 valence electrons. The molecule has 1 rings (SSSR count). The number of hydrogen-bond donors (Lipinski definition) is 1. The normalized spacial score (nSPS) is 9.50. The van der Waals surface area contributed by atoms with Gasteiger partial charge in [-0.2, -0.15) is 0 Å². The Bertz CT molecular complexity index is 284. The number of ether oxygens (including phenoxy) is 1. The van der Waals surface area contributed by atoms with Gasteiger partial charge in [-0.3, -0.25) is 0 Å². The summed E-state index contributed by atoms with van der Waals surface area (Å²) in [5.41, 5.74) is 1.35. The average Bonchev–Trinajstić information content (AvgIpc) is 2.16. The van der Waals surface area contributed by atoms with Crippen molar-refractivity contribution in [1.29, 1.82) is 0 Å². The third kappa shape index (κ3) is 1.62. The van der Waals surface area contributed by atoms with Crippen LogP contribution in [0.15, 0.2) is 24.3 Å².